The van der Waals surface area contributed by atoms with E-state index in [1.165, 1.54) is 31.3 Å². The zero-order valence-corrected chi connectivity index (χ0v) is 21.3. The van der Waals surface area contributed by atoms with Gasteiger partial charge in [-0.2, -0.15) is 18.3 Å². The molecule has 0 saturated carbocycles. The molecule has 0 saturated heterocycles. The molecular formula is C27H22F7N5O2. The summed E-state index contributed by atoms with van der Waals surface area (Å²) < 4.78 is 98.7. The first-order chi connectivity index (χ1) is 19.2. The molecule has 0 aliphatic heterocycles. The number of aromatic nitrogens is 4. The topological polar surface area (TPSA) is 92.7 Å². The summed E-state index contributed by atoms with van der Waals surface area (Å²) >= 11 is 0. The summed E-state index contributed by atoms with van der Waals surface area (Å²) in [7, 11) is 0. The van der Waals surface area contributed by atoms with Gasteiger partial charge in [0, 0.05) is 42.4 Å². The van der Waals surface area contributed by atoms with Gasteiger partial charge >= 0.3 is 6.18 Å². The smallest absolute Gasteiger partial charge is 0.381 e. The van der Waals surface area contributed by atoms with Crippen LogP contribution in [0.25, 0.3) is 22.0 Å². The molecule has 0 spiro atoms. The number of nitrogens with zero attached hydrogens (tertiary/aromatic N) is 3. The number of anilines is 1. The highest BCUT2D eigenvalue weighted by Gasteiger charge is 2.40. The first kappa shape index (κ1) is 28.3. The highest BCUT2D eigenvalue weighted by molar-refractivity contribution is 5.86. The maximum absolute atomic E-state index is 15.1. The molecule has 41 heavy (non-hydrogen) atoms. The van der Waals surface area contributed by atoms with Crippen molar-refractivity contribution >= 4 is 16.5 Å². The zero-order chi connectivity index (χ0) is 29.7. The fraction of sp³-hybridized carbons (Fsp3) is 0.333. The van der Waals surface area contributed by atoms with E-state index in [0.29, 0.717) is 10.9 Å². The lowest BCUT2D eigenvalue weighted by molar-refractivity contribution is -0.138. The van der Waals surface area contributed by atoms with Gasteiger partial charge in [-0.05, 0) is 48.6 Å². The Balaban J connectivity index is 1.34. The first-order valence-corrected chi connectivity index (χ1v) is 12.5. The minimum absolute atomic E-state index is 0.0170. The Morgan fingerprint density at radius 3 is 2.66 bits per heavy atom. The van der Waals surface area contributed by atoms with Crippen molar-refractivity contribution in [3.63, 3.8) is 0 Å². The second-order valence-corrected chi connectivity index (χ2v) is 9.99. The predicted octanol–water partition coefficient (Wildman–Crippen LogP) is 5.57. The fourth-order valence-corrected chi connectivity index (χ4v) is 5.04. The third-order valence-electron chi connectivity index (χ3n) is 6.98. The number of halogens is 7. The minimum atomic E-state index is -4.97. The normalized spacial score (nSPS) is 16.0. The zero-order valence-electron chi connectivity index (χ0n) is 21.3. The number of nitrogens with one attached hydrogen (secondary N) is 2. The molecule has 1 aliphatic carbocycles. The molecule has 0 bridgehead atoms. The van der Waals surface area contributed by atoms with Crippen molar-refractivity contribution in [3.8, 4) is 11.3 Å². The molecule has 14 heteroatoms. The van der Waals surface area contributed by atoms with Crippen molar-refractivity contribution in [1.29, 1.82) is 0 Å². The number of benzene rings is 1. The van der Waals surface area contributed by atoms with Crippen LogP contribution in [0.5, 0.6) is 0 Å². The van der Waals surface area contributed by atoms with Gasteiger partial charge in [-0.15, -0.1) is 0 Å². The van der Waals surface area contributed by atoms with Crippen LogP contribution in [0.15, 0.2) is 52.4 Å². The van der Waals surface area contributed by atoms with Gasteiger partial charge in [0.05, 0.1) is 29.5 Å². The molecule has 7 nitrogen and oxygen atoms in total. The van der Waals surface area contributed by atoms with Gasteiger partial charge in [-0.25, -0.2) is 22.7 Å². The van der Waals surface area contributed by atoms with Crippen LogP contribution in [-0.4, -0.2) is 32.0 Å². The monoisotopic (exact) mass is 581 g/mol. The standard InChI is InChI=1S/C27H22F7N5O2/c1-13(37-22-11-36-38-24(40)23(22)27(32,33)34)6-16(28)12-39-5-3-14-7-18(20(29)9-17(14)25(39)41)21-8-15-2-4-26(30,31)19(15)10-35-21/h3,5,7-11,13,16H,2,4,6,12H2,1H3,(H2,37,38,40)/t13-,16+/m1/s1. The van der Waals surface area contributed by atoms with Crippen molar-refractivity contribution in [3.05, 3.63) is 86.1 Å². The maximum Gasteiger partial charge on any atom is 0.423 e. The van der Waals surface area contributed by atoms with Crippen LogP contribution < -0.4 is 16.4 Å². The molecule has 0 radical (unpaired) electrons. The number of hydrogen-bond acceptors (Lipinski definition) is 5. The van der Waals surface area contributed by atoms with Crippen LogP contribution in [0.2, 0.25) is 0 Å². The van der Waals surface area contributed by atoms with Gasteiger partial charge in [-0.3, -0.25) is 14.6 Å². The summed E-state index contributed by atoms with van der Waals surface area (Å²) in [5, 5.41) is 7.77. The van der Waals surface area contributed by atoms with E-state index in [2.05, 4.69) is 15.4 Å². The largest absolute Gasteiger partial charge is 0.423 e. The summed E-state index contributed by atoms with van der Waals surface area (Å²) in [5.74, 6) is -3.80. The van der Waals surface area contributed by atoms with Gasteiger partial charge < -0.3 is 9.88 Å². The number of alkyl halides is 6. The Labute approximate surface area is 227 Å². The van der Waals surface area contributed by atoms with Gasteiger partial charge in [-0.1, -0.05) is 0 Å². The number of H-pyrrole nitrogens is 1. The molecule has 4 aromatic rings. The molecule has 3 heterocycles. The lowest BCUT2D eigenvalue weighted by atomic mass is 10.0. The van der Waals surface area contributed by atoms with Crippen molar-refractivity contribution in [1.82, 2.24) is 19.7 Å². The number of aromatic amines is 1. The summed E-state index contributed by atoms with van der Waals surface area (Å²) in [6.07, 6.45) is -4.11. The molecule has 0 unspecified atom stereocenters. The third-order valence-corrected chi connectivity index (χ3v) is 6.98. The van der Waals surface area contributed by atoms with Gasteiger partial charge in [0.2, 0.25) is 0 Å². The maximum atomic E-state index is 15.1. The Hall–Kier alpha value is -4.23. The van der Waals surface area contributed by atoms with Crippen LogP contribution in [0.4, 0.5) is 36.4 Å². The summed E-state index contributed by atoms with van der Waals surface area (Å²) in [5.41, 5.74) is -3.91. The highest BCUT2D eigenvalue weighted by Crippen LogP contribution is 2.42. The number of aryl methyl sites for hydroxylation is 1. The van der Waals surface area contributed by atoms with Crippen LogP contribution in [0, 0.1) is 5.82 Å². The number of fused-ring (bicyclic) bond motifs is 2. The van der Waals surface area contributed by atoms with E-state index in [1.807, 2.05) is 0 Å². The van der Waals surface area contributed by atoms with Crippen LogP contribution >= 0.6 is 0 Å². The Morgan fingerprint density at radius 2 is 1.93 bits per heavy atom. The van der Waals surface area contributed by atoms with E-state index < -0.39 is 59.0 Å². The summed E-state index contributed by atoms with van der Waals surface area (Å²) in [6.45, 7) is 0.937. The highest BCUT2D eigenvalue weighted by atomic mass is 19.4. The van der Waals surface area contributed by atoms with E-state index in [1.54, 1.807) is 5.10 Å². The first-order valence-electron chi connectivity index (χ1n) is 12.5. The SMILES string of the molecule is C[C@H](C[C@H](F)Cn1ccc2cc(-c3cc4c(cn3)C(F)(F)CC4)c(F)cc2c1=O)Nc1cn[nH]c(=O)c1C(F)(F)F. The molecule has 1 aliphatic rings. The van der Waals surface area contributed by atoms with E-state index in [-0.39, 0.29) is 41.5 Å². The van der Waals surface area contributed by atoms with Gasteiger partial charge in [0.25, 0.3) is 17.0 Å². The van der Waals surface area contributed by atoms with Gasteiger partial charge in [0.1, 0.15) is 17.6 Å². The average molecular weight is 581 g/mol. The quantitative estimate of drug-likeness (QED) is 0.279. The van der Waals surface area contributed by atoms with Crippen molar-refractivity contribution in [2.45, 2.75) is 57.0 Å². The van der Waals surface area contributed by atoms with E-state index >= 15 is 4.39 Å². The van der Waals surface area contributed by atoms with Crippen molar-refractivity contribution < 1.29 is 30.7 Å². The fourth-order valence-electron chi connectivity index (χ4n) is 5.04. The van der Waals surface area contributed by atoms with E-state index in [4.69, 9.17) is 0 Å². The number of rotatable bonds is 7. The second kappa shape index (κ2) is 10.3. The van der Waals surface area contributed by atoms with Crippen LogP contribution in [0.3, 0.4) is 0 Å². The molecule has 216 valence electrons. The molecule has 0 fully saturated rings. The molecule has 5 rings (SSSR count). The number of pyridine rings is 2. The molecule has 2 N–H and O–H groups in total. The van der Waals surface area contributed by atoms with E-state index in [0.717, 1.165) is 23.0 Å². The summed E-state index contributed by atoms with van der Waals surface area (Å²) in [4.78, 5) is 28.6. The minimum Gasteiger partial charge on any atom is -0.381 e. The Bertz CT molecular complexity index is 1750. The van der Waals surface area contributed by atoms with Gasteiger partial charge in [0.15, 0.2) is 0 Å². The Kier molecular flexibility index (Phi) is 7.12. The molecule has 3 aromatic heterocycles. The average Bonchev–Trinajstić information content (AvgIpc) is 3.18. The predicted molar refractivity (Wildman–Crippen MR) is 136 cm³/mol. The lowest BCUT2D eigenvalue weighted by Crippen LogP contribution is -2.30. The van der Waals surface area contributed by atoms with Crippen molar-refractivity contribution in [2.75, 3.05) is 5.32 Å². The molecule has 0 amide bonds. The third kappa shape index (κ3) is 5.55. The summed E-state index contributed by atoms with van der Waals surface area (Å²) in [6, 6.07) is 4.33. The molecule has 2 atom stereocenters. The number of hydrogen-bond donors (Lipinski definition) is 2. The molecular weight excluding hydrogens is 559 g/mol. The van der Waals surface area contributed by atoms with Crippen molar-refractivity contribution in [2.24, 2.45) is 0 Å². The van der Waals surface area contributed by atoms with Crippen LogP contribution in [0.1, 0.15) is 36.5 Å². The Morgan fingerprint density at radius 1 is 1.17 bits per heavy atom. The van der Waals surface area contributed by atoms with Crippen LogP contribution in [-0.2, 0) is 25.1 Å². The molecule has 1 aromatic carbocycles. The van der Waals surface area contributed by atoms with E-state index in [9.17, 15) is 35.9 Å². The lowest BCUT2D eigenvalue weighted by Gasteiger charge is -2.20. The second-order valence-electron chi connectivity index (χ2n) is 9.99.